The van der Waals surface area contributed by atoms with Crippen LogP contribution in [0.3, 0.4) is 0 Å². The number of aldehydes is 1. The van der Waals surface area contributed by atoms with Crippen molar-refractivity contribution in [1.29, 1.82) is 0 Å². The summed E-state index contributed by atoms with van der Waals surface area (Å²) >= 11 is 3.43. The van der Waals surface area contributed by atoms with E-state index in [0.717, 1.165) is 44.7 Å². The van der Waals surface area contributed by atoms with Crippen LogP contribution in [0.15, 0.2) is 35.0 Å². The minimum Gasteiger partial charge on any atom is -0.396 e. The molecule has 2 heterocycles. The fraction of sp³-hybridized carbons (Fsp3) is 0.375. The zero-order valence-corrected chi connectivity index (χ0v) is 13.5. The summed E-state index contributed by atoms with van der Waals surface area (Å²) in [7, 11) is 0. The molecule has 21 heavy (non-hydrogen) atoms. The lowest BCUT2D eigenvalue weighted by Crippen LogP contribution is -2.28. The number of carbonyl (C=O) groups is 1. The Labute approximate surface area is 133 Å². The number of thiophene rings is 2. The van der Waals surface area contributed by atoms with E-state index < -0.39 is 0 Å². The van der Waals surface area contributed by atoms with Gasteiger partial charge in [0.05, 0.1) is 0 Å². The van der Waals surface area contributed by atoms with Crippen molar-refractivity contribution < 1.29 is 9.90 Å². The summed E-state index contributed by atoms with van der Waals surface area (Å²) in [6.07, 6.45) is 3.28. The Kier molecular flexibility index (Phi) is 7.09. The molecule has 0 aliphatic heterocycles. The maximum atomic E-state index is 11.5. The monoisotopic (exact) mass is 322 g/mol. The lowest BCUT2D eigenvalue weighted by atomic mass is 10.1. The molecule has 0 unspecified atom stereocenters. The fourth-order valence-electron chi connectivity index (χ4n) is 2.15. The van der Waals surface area contributed by atoms with Gasteiger partial charge < -0.3 is 9.90 Å². The second-order valence-corrected chi connectivity index (χ2v) is 6.87. The third kappa shape index (κ3) is 5.36. The third-order valence-electron chi connectivity index (χ3n) is 3.24. The second kappa shape index (κ2) is 9.10. The van der Waals surface area contributed by atoms with Crippen LogP contribution in [0.2, 0.25) is 0 Å². The van der Waals surface area contributed by atoms with E-state index in [4.69, 9.17) is 5.11 Å². The average molecular weight is 322 g/mol. The van der Waals surface area contributed by atoms with Gasteiger partial charge in [-0.15, -0.1) is 22.7 Å². The summed E-state index contributed by atoms with van der Waals surface area (Å²) in [6, 6.07) is 9.10. The van der Waals surface area contributed by atoms with E-state index in [1.807, 2.05) is 12.1 Å². The molecule has 1 N–H and O–H groups in total. The lowest BCUT2D eigenvalue weighted by Gasteiger charge is -2.26. The van der Waals surface area contributed by atoms with Gasteiger partial charge in [0, 0.05) is 29.5 Å². The predicted octanol–water partition coefficient (Wildman–Crippen LogP) is 3.71. The lowest BCUT2D eigenvalue weighted by molar-refractivity contribution is -0.109. The standard InChI is InChI=1S/C16H20NO2S2/c18-8-2-1-5-14(13-19)17(11-15-6-3-9-20-15)12-16-7-4-10-21-16/h3-4,6-7,9-10,13,18H,1-2,5,8,11-12H2. The van der Waals surface area contributed by atoms with Gasteiger partial charge in [-0.05, 0) is 42.2 Å². The van der Waals surface area contributed by atoms with Gasteiger partial charge in [0.15, 0.2) is 0 Å². The first-order valence-corrected chi connectivity index (χ1v) is 8.81. The molecule has 0 bridgehead atoms. The fourth-order valence-corrected chi connectivity index (χ4v) is 3.59. The molecular weight excluding hydrogens is 302 g/mol. The largest absolute Gasteiger partial charge is 0.396 e. The molecular formula is C16H20NO2S2. The van der Waals surface area contributed by atoms with Crippen LogP contribution in [0.25, 0.3) is 0 Å². The molecule has 0 aliphatic rings. The molecule has 0 atom stereocenters. The van der Waals surface area contributed by atoms with E-state index in [-0.39, 0.29) is 6.61 Å². The van der Waals surface area contributed by atoms with E-state index in [1.165, 1.54) is 9.75 Å². The molecule has 0 fully saturated rings. The SMILES string of the molecule is O=C[C](CCCCO)N(Cc1cccs1)Cc1cccs1. The molecule has 0 spiro atoms. The Morgan fingerprint density at radius 3 is 2.14 bits per heavy atom. The Morgan fingerprint density at radius 1 is 1.10 bits per heavy atom. The van der Waals surface area contributed by atoms with E-state index >= 15 is 0 Å². The van der Waals surface area contributed by atoms with Crippen molar-refractivity contribution >= 4 is 29.0 Å². The van der Waals surface area contributed by atoms with E-state index in [1.54, 1.807) is 22.7 Å². The van der Waals surface area contributed by atoms with Crippen LogP contribution >= 0.6 is 22.7 Å². The highest BCUT2D eigenvalue weighted by Gasteiger charge is 2.20. The zero-order chi connectivity index (χ0) is 14.9. The Hall–Kier alpha value is -1.01. The maximum Gasteiger partial charge on any atom is 0.142 e. The van der Waals surface area contributed by atoms with E-state index in [0.29, 0.717) is 0 Å². The van der Waals surface area contributed by atoms with Gasteiger partial charge >= 0.3 is 0 Å². The molecule has 3 nitrogen and oxygen atoms in total. The van der Waals surface area contributed by atoms with Crippen LogP contribution in [0.4, 0.5) is 0 Å². The topological polar surface area (TPSA) is 40.5 Å². The summed E-state index contributed by atoms with van der Waals surface area (Å²) in [5.41, 5.74) is 0. The smallest absolute Gasteiger partial charge is 0.142 e. The normalized spacial score (nSPS) is 11.4. The summed E-state index contributed by atoms with van der Waals surface area (Å²) < 4.78 is 0. The van der Waals surface area contributed by atoms with Gasteiger partial charge in [-0.1, -0.05) is 12.1 Å². The molecule has 0 amide bonds. The first-order chi connectivity index (χ1) is 10.3. The van der Waals surface area contributed by atoms with Gasteiger partial charge in [-0.25, -0.2) is 0 Å². The minimum absolute atomic E-state index is 0.183. The molecule has 0 saturated carbocycles. The van der Waals surface area contributed by atoms with E-state index in [9.17, 15) is 4.79 Å². The van der Waals surface area contributed by atoms with Crippen molar-refractivity contribution in [3.05, 3.63) is 50.8 Å². The molecule has 2 aromatic rings. The highest BCUT2D eigenvalue weighted by atomic mass is 32.1. The minimum atomic E-state index is 0.183. The molecule has 0 saturated heterocycles. The molecule has 2 aromatic heterocycles. The highest BCUT2D eigenvalue weighted by Crippen LogP contribution is 2.24. The molecule has 2 rings (SSSR count). The van der Waals surface area contributed by atoms with Gasteiger partial charge in [-0.3, -0.25) is 4.90 Å². The first-order valence-electron chi connectivity index (χ1n) is 7.05. The summed E-state index contributed by atoms with van der Waals surface area (Å²) in [5, 5.41) is 13.0. The third-order valence-corrected chi connectivity index (χ3v) is 4.96. The second-order valence-electron chi connectivity index (χ2n) is 4.80. The van der Waals surface area contributed by atoms with Gasteiger partial charge in [0.1, 0.15) is 12.3 Å². The van der Waals surface area contributed by atoms with Crippen LogP contribution in [0.1, 0.15) is 29.0 Å². The van der Waals surface area contributed by atoms with Crippen LogP contribution in [0, 0.1) is 6.04 Å². The number of carbonyl (C=O) groups excluding carboxylic acids is 1. The highest BCUT2D eigenvalue weighted by molar-refractivity contribution is 7.10. The Morgan fingerprint density at radius 2 is 1.71 bits per heavy atom. The number of hydrogen-bond donors (Lipinski definition) is 1. The van der Waals surface area contributed by atoms with Crippen molar-refractivity contribution in [2.75, 3.05) is 6.61 Å². The number of aliphatic hydroxyl groups excluding tert-OH is 1. The van der Waals surface area contributed by atoms with Crippen LogP contribution < -0.4 is 0 Å². The molecule has 1 radical (unpaired) electrons. The van der Waals surface area contributed by atoms with Crippen molar-refractivity contribution in [3.8, 4) is 0 Å². The van der Waals surface area contributed by atoms with Crippen LogP contribution in [0.5, 0.6) is 0 Å². The van der Waals surface area contributed by atoms with E-state index in [2.05, 4.69) is 27.8 Å². The average Bonchev–Trinajstić information content (AvgIpc) is 3.17. The number of rotatable bonds is 10. The summed E-state index contributed by atoms with van der Waals surface area (Å²) in [5.74, 6) is 0. The number of hydrogen-bond acceptors (Lipinski definition) is 5. The molecule has 113 valence electrons. The quantitative estimate of drug-likeness (QED) is 0.535. The van der Waals surface area contributed by atoms with Gasteiger partial charge in [0.25, 0.3) is 0 Å². The van der Waals surface area contributed by atoms with Crippen molar-refractivity contribution in [3.63, 3.8) is 0 Å². The molecule has 5 heteroatoms. The zero-order valence-electron chi connectivity index (χ0n) is 11.9. The first kappa shape index (κ1) is 16.4. The van der Waals surface area contributed by atoms with Gasteiger partial charge in [-0.2, -0.15) is 0 Å². The van der Waals surface area contributed by atoms with Gasteiger partial charge in [0.2, 0.25) is 0 Å². The molecule has 0 aromatic carbocycles. The van der Waals surface area contributed by atoms with Crippen molar-refractivity contribution in [2.45, 2.75) is 32.4 Å². The summed E-state index contributed by atoms with van der Waals surface area (Å²) in [6.45, 7) is 1.72. The predicted molar refractivity (Wildman–Crippen MR) is 88.1 cm³/mol. The van der Waals surface area contributed by atoms with Crippen LogP contribution in [-0.4, -0.2) is 22.9 Å². The Balaban J connectivity index is 2.03. The van der Waals surface area contributed by atoms with Crippen molar-refractivity contribution in [2.24, 2.45) is 0 Å². The van der Waals surface area contributed by atoms with Crippen LogP contribution in [-0.2, 0) is 17.9 Å². The molecule has 0 aliphatic carbocycles. The maximum absolute atomic E-state index is 11.5. The summed E-state index contributed by atoms with van der Waals surface area (Å²) in [4.78, 5) is 16.1. The number of nitrogens with zero attached hydrogens (tertiary/aromatic N) is 1. The van der Waals surface area contributed by atoms with Crippen molar-refractivity contribution in [1.82, 2.24) is 4.90 Å². The number of aliphatic hydroxyl groups is 1. The number of unbranched alkanes of at least 4 members (excludes halogenated alkanes) is 1. The Bertz CT molecular complexity index is 460.